The number of para-hydroxylation sites is 1. The lowest BCUT2D eigenvalue weighted by Gasteiger charge is -2.22. The molecule has 3 rings (SSSR count). The Kier molecular flexibility index (Phi) is 4.34. The maximum Gasteiger partial charge on any atom is 0.314 e. The van der Waals surface area contributed by atoms with Gasteiger partial charge in [0, 0.05) is 24.9 Å². The quantitative estimate of drug-likeness (QED) is 0.794. The van der Waals surface area contributed by atoms with Crippen LogP contribution in [-0.2, 0) is 6.42 Å². The van der Waals surface area contributed by atoms with Gasteiger partial charge < -0.3 is 20.2 Å². The number of rotatable bonds is 5. The standard InChI is InChI=1S/C17H22N2O3/c20-16(19-12-17(21)8-3-4-9-17)18-10-7-14-11-13-5-1-2-6-15(13)22-14/h1-2,5-6,11,21H,3-4,7-10,12H2,(H2,18,19,20). The van der Waals surface area contributed by atoms with Gasteiger partial charge in [-0.15, -0.1) is 0 Å². The van der Waals surface area contributed by atoms with Gasteiger partial charge in [0.05, 0.1) is 5.60 Å². The average molecular weight is 302 g/mol. The first-order valence-corrected chi connectivity index (χ1v) is 7.86. The summed E-state index contributed by atoms with van der Waals surface area (Å²) in [4.78, 5) is 11.7. The summed E-state index contributed by atoms with van der Waals surface area (Å²) in [5.41, 5.74) is 0.154. The molecule has 5 heteroatoms. The lowest BCUT2D eigenvalue weighted by Crippen LogP contribution is -2.45. The molecule has 3 N–H and O–H groups in total. The van der Waals surface area contributed by atoms with Crippen molar-refractivity contribution in [2.24, 2.45) is 0 Å². The van der Waals surface area contributed by atoms with Crippen molar-refractivity contribution < 1.29 is 14.3 Å². The first kappa shape index (κ1) is 14.9. The Balaban J connectivity index is 1.41. The topological polar surface area (TPSA) is 74.5 Å². The third kappa shape index (κ3) is 3.60. The lowest BCUT2D eigenvalue weighted by molar-refractivity contribution is 0.0501. The largest absolute Gasteiger partial charge is 0.461 e. The van der Waals surface area contributed by atoms with Crippen LogP contribution in [0.3, 0.4) is 0 Å². The van der Waals surface area contributed by atoms with E-state index in [2.05, 4.69) is 10.6 Å². The maximum absolute atomic E-state index is 11.7. The third-order valence-electron chi connectivity index (χ3n) is 4.25. The first-order chi connectivity index (χ1) is 10.6. The monoisotopic (exact) mass is 302 g/mol. The highest BCUT2D eigenvalue weighted by atomic mass is 16.3. The van der Waals surface area contributed by atoms with Crippen molar-refractivity contribution in [2.75, 3.05) is 13.1 Å². The van der Waals surface area contributed by atoms with Crippen LogP contribution >= 0.6 is 0 Å². The minimum Gasteiger partial charge on any atom is -0.461 e. The van der Waals surface area contributed by atoms with E-state index in [0.717, 1.165) is 42.4 Å². The fourth-order valence-electron chi connectivity index (χ4n) is 2.98. The van der Waals surface area contributed by atoms with E-state index in [4.69, 9.17) is 4.42 Å². The van der Waals surface area contributed by atoms with Crippen LogP contribution in [-0.4, -0.2) is 29.8 Å². The Morgan fingerprint density at radius 2 is 2.00 bits per heavy atom. The van der Waals surface area contributed by atoms with Crippen molar-refractivity contribution in [3.8, 4) is 0 Å². The Bertz CT molecular complexity index is 611. The number of amides is 2. The van der Waals surface area contributed by atoms with E-state index in [9.17, 15) is 9.90 Å². The Hall–Kier alpha value is -2.01. The lowest BCUT2D eigenvalue weighted by atomic mass is 10.0. The number of hydrogen-bond acceptors (Lipinski definition) is 3. The zero-order valence-electron chi connectivity index (χ0n) is 12.6. The molecule has 0 saturated heterocycles. The predicted molar refractivity (Wildman–Crippen MR) is 84.7 cm³/mol. The number of fused-ring (bicyclic) bond motifs is 1. The van der Waals surface area contributed by atoms with Gasteiger partial charge in [0.2, 0.25) is 0 Å². The van der Waals surface area contributed by atoms with Crippen LogP contribution in [0.25, 0.3) is 11.0 Å². The third-order valence-corrected chi connectivity index (χ3v) is 4.25. The SMILES string of the molecule is O=C(NCCc1cc2ccccc2o1)NCC1(O)CCCC1. The number of hydrogen-bond donors (Lipinski definition) is 3. The molecule has 0 bridgehead atoms. The molecule has 1 aromatic carbocycles. The van der Waals surface area contributed by atoms with Gasteiger partial charge in [-0.3, -0.25) is 0 Å². The molecule has 0 radical (unpaired) electrons. The molecular formula is C17H22N2O3. The molecule has 2 amide bonds. The van der Waals surface area contributed by atoms with Gasteiger partial charge >= 0.3 is 6.03 Å². The molecule has 5 nitrogen and oxygen atoms in total. The van der Waals surface area contributed by atoms with Crippen molar-refractivity contribution in [1.29, 1.82) is 0 Å². The summed E-state index contributed by atoms with van der Waals surface area (Å²) in [6.07, 6.45) is 4.25. The predicted octanol–water partition coefficient (Wildman–Crippen LogP) is 2.58. The van der Waals surface area contributed by atoms with Crippen molar-refractivity contribution in [1.82, 2.24) is 10.6 Å². The zero-order chi connectivity index (χ0) is 15.4. The first-order valence-electron chi connectivity index (χ1n) is 7.86. The van der Waals surface area contributed by atoms with Crippen molar-refractivity contribution >= 4 is 17.0 Å². The molecule has 0 aliphatic heterocycles. The summed E-state index contributed by atoms with van der Waals surface area (Å²) in [7, 11) is 0. The second kappa shape index (κ2) is 6.40. The smallest absolute Gasteiger partial charge is 0.314 e. The van der Waals surface area contributed by atoms with Gasteiger partial charge in [0.25, 0.3) is 0 Å². The normalized spacial score (nSPS) is 16.8. The van der Waals surface area contributed by atoms with E-state index in [-0.39, 0.29) is 6.03 Å². The van der Waals surface area contributed by atoms with Gasteiger partial charge in [0.1, 0.15) is 11.3 Å². The molecule has 1 saturated carbocycles. The molecule has 22 heavy (non-hydrogen) atoms. The van der Waals surface area contributed by atoms with Crippen molar-refractivity contribution in [3.05, 3.63) is 36.1 Å². The second-order valence-electron chi connectivity index (χ2n) is 6.04. The van der Waals surface area contributed by atoms with E-state index in [1.807, 2.05) is 30.3 Å². The molecular weight excluding hydrogens is 280 g/mol. The summed E-state index contributed by atoms with van der Waals surface area (Å²) < 4.78 is 5.70. The summed E-state index contributed by atoms with van der Waals surface area (Å²) in [5.74, 6) is 0.857. The van der Waals surface area contributed by atoms with Gasteiger partial charge in [0.15, 0.2) is 0 Å². The highest BCUT2D eigenvalue weighted by Gasteiger charge is 2.31. The van der Waals surface area contributed by atoms with Crippen molar-refractivity contribution in [3.63, 3.8) is 0 Å². The molecule has 0 spiro atoms. The van der Waals surface area contributed by atoms with Gasteiger partial charge in [-0.1, -0.05) is 31.0 Å². The number of carbonyl (C=O) groups is 1. The van der Waals surface area contributed by atoms with Crippen LogP contribution in [0.1, 0.15) is 31.4 Å². The van der Waals surface area contributed by atoms with Crippen LogP contribution in [0.4, 0.5) is 4.79 Å². The van der Waals surface area contributed by atoms with E-state index in [0.29, 0.717) is 19.5 Å². The molecule has 0 unspecified atom stereocenters. The number of carbonyl (C=O) groups excluding carboxylic acids is 1. The van der Waals surface area contributed by atoms with Crippen LogP contribution in [0.5, 0.6) is 0 Å². The number of furan rings is 1. The van der Waals surface area contributed by atoms with Gasteiger partial charge in [-0.25, -0.2) is 4.79 Å². The Morgan fingerprint density at radius 3 is 2.77 bits per heavy atom. The highest BCUT2D eigenvalue weighted by molar-refractivity contribution is 5.77. The van der Waals surface area contributed by atoms with Crippen LogP contribution in [0.15, 0.2) is 34.7 Å². The molecule has 2 aromatic rings. The van der Waals surface area contributed by atoms with Crippen molar-refractivity contribution in [2.45, 2.75) is 37.7 Å². The molecule has 1 fully saturated rings. The second-order valence-corrected chi connectivity index (χ2v) is 6.04. The van der Waals surface area contributed by atoms with Gasteiger partial charge in [-0.05, 0) is 25.0 Å². The van der Waals surface area contributed by atoms with Crippen LogP contribution in [0, 0.1) is 0 Å². The van der Waals surface area contributed by atoms with E-state index in [1.54, 1.807) is 0 Å². The summed E-state index contributed by atoms with van der Waals surface area (Å²) in [6, 6.07) is 9.61. The molecule has 1 aliphatic rings. The Morgan fingerprint density at radius 1 is 1.23 bits per heavy atom. The Labute approximate surface area is 129 Å². The summed E-state index contributed by atoms with van der Waals surface area (Å²) in [6.45, 7) is 0.827. The molecule has 1 heterocycles. The van der Waals surface area contributed by atoms with E-state index >= 15 is 0 Å². The number of aliphatic hydroxyl groups is 1. The molecule has 1 aliphatic carbocycles. The summed E-state index contributed by atoms with van der Waals surface area (Å²) >= 11 is 0. The highest BCUT2D eigenvalue weighted by Crippen LogP contribution is 2.28. The number of benzene rings is 1. The van der Waals surface area contributed by atoms with E-state index < -0.39 is 5.60 Å². The van der Waals surface area contributed by atoms with Crippen LogP contribution in [0.2, 0.25) is 0 Å². The number of urea groups is 1. The average Bonchev–Trinajstić information content (AvgIpc) is 3.11. The van der Waals surface area contributed by atoms with Crippen LogP contribution < -0.4 is 10.6 Å². The van der Waals surface area contributed by atoms with E-state index in [1.165, 1.54) is 0 Å². The molecule has 118 valence electrons. The summed E-state index contributed by atoms with van der Waals surface area (Å²) in [5, 5.41) is 16.8. The zero-order valence-corrected chi connectivity index (χ0v) is 12.6. The maximum atomic E-state index is 11.7. The fourth-order valence-corrected chi connectivity index (χ4v) is 2.98. The fraction of sp³-hybridized carbons (Fsp3) is 0.471. The molecule has 0 atom stereocenters. The number of nitrogens with one attached hydrogen (secondary N) is 2. The molecule has 1 aromatic heterocycles. The minimum absolute atomic E-state index is 0.239. The minimum atomic E-state index is -0.712. The van der Waals surface area contributed by atoms with Gasteiger partial charge in [-0.2, -0.15) is 0 Å².